The van der Waals surface area contributed by atoms with Gasteiger partial charge in [0.15, 0.2) is 5.16 Å². The first kappa shape index (κ1) is 21.7. The van der Waals surface area contributed by atoms with E-state index in [4.69, 9.17) is 16.6 Å². The second kappa shape index (κ2) is 9.04. The number of fused-ring (bicyclic) bond motifs is 1. The monoisotopic (exact) mass is 475 g/mol. The van der Waals surface area contributed by atoms with Gasteiger partial charge in [0.05, 0.1) is 16.6 Å². The molecular formula is C26H22ClN3O2S. The Balaban J connectivity index is 1.69. The minimum absolute atomic E-state index is 0.0783. The van der Waals surface area contributed by atoms with Gasteiger partial charge in [-0.3, -0.25) is 14.2 Å². The molecule has 5 rings (SSSR count). The molecule has 1 saturated carbocycles. The van der Waals surface area contributed by atoms with Crippen molar-refractivity contribution in [3.63, 3.8) is 0 Å². The number of halogens is 1. The maximum atomic E-state index is 13.7. The molecule has 33 heavy (non-hydrogen) atoms. The van der Waals surface area contributed by atoms with Crippen LogP contribution in [0.25, 0.3) is 16.6 Å². The van der Waals surface area contributed by atoms with Crippen LogP contribution in [-0.4, -0.2) is 21.5 Å². The fourth-order valence-corrected chi connectivity index (χ4v) is 5.04. The summed E-state index contributed by atoms with van der Waals surface area (Å²) in [6.07, 6.45) is 2.00. The van der Waals surface area contributed by atoms with Gasteiger partial charge in [0.2, 0.25) is 5.91 Å². The van der Waals surface area contributed by atoms with Crippen molar-refractivity contribution in [3.05, 3.63) is 99.3 Å². The molecular weight excluding hydrogens is 454 g/mol. The van der Waals surface area contributed by atoms with Crippen LogP contribution in [0.4, 0.5) is 0 Å². The zero-order valence-corrected chi connectivity index (χ0v) is 19.6. The van der Waals surface area contributed by atoms with E-state index in [0.29, 0.717) is 21.1 Å². The van der Waals surface area contributed by atoms with Gasteiger partial charge < -0.3 is 5.32 Å². The fourth-order valence-electron chi connectivity index (χ4n) is 3.76. The summed E-state index contributed by atoms with van der Waals surface area (Å²) in [5.41, 5.74) is 2.86. The number of hydrogen-bond donors (Lipinski definition) is 1. The summed E-state index contributed by atoms with van der Waals surface area (Å²) in [6, 6.07) is 22.6. The van der Waals surface area contributed by atoms with Crippen LogP contribution in [0.3, 0.4) is 0 Å². The third-order valence-electron chi connectivity index (χ3n) is 5.64. The Morgan fingerprint density at radius 2 is 1.82 bits per heavy atom. The number of nitrogens with zero attached hydrogens (tertiary/aromatic N) is 2. The molecule has 0 radical (unpaired) electrons. The minimum Gasteiger partial charge on any atom is -0.352 e. The Hall–Kier alpha value is -3.09. The number of para-hydroxylation sites is 1. The molecule has 1 unspecified atom stereocenters. The molecule has 4 aromatic rings. The second-order valence-electron chi connectivity index (χ2n) is 8.17. The highest BCUT2D eigenvalue weighted by molar-refractivity contribution is 8.00. The van der Waals surface area contributed by atoms with E-state index < -0.39 is 5.25 Å². The molecule has 0 saturated heterocycles. The Morgan fingerprint density at radius 3 is 2.55 bits per heavy atom. The van der Waals surface area contributed by atoms with E-state index in [1.807, 2.05) is 61.5 Å². The highest BCUT2D eigenvalue weighted by Crippen LogP contribution is 2.37. The average molecular weight is 476 g/mol. The van der Waals surface area contributed by atoms with Gasteiger partial charge in [0.25, 0.3) is 5.56 Å². The van der Waals surface area contributed by atoms with Gasteiger partial charge in [-0.15, -0.1) is 0 Å². The van der Waals surface area contributed by atoms with E-state index in [2.05, 4.69) is 5.32 Å². The molecule has 1 aliphatic carbocycles. The number of carbonyl (C=O) groups is 1. The van der Waals surface area contributed by atoms with Gasteiger partial charge in [-0.05, 0) is 55.2 Å². The van der Waals surface area contributed by atoms with E-state index in [1.165, 1.54) is 11.8 Å². The lowest BCUT2D eigenvalue weighted by Crippen LogP contribution is -2.30. The summed E-state index contributed by atoms with van der Waals surface area (Å²) < 4.78 is 1.61. The predicted octanol–water partition coefficient (Wildman–Crippen LogP) is 5.46. The van der Waals surface area contributed by atoms with Crippen LogP contribution in [0.5, 0.6) is 0 Å². The van der Waals surface area contributed by atoms with E-state index in [-0.39, 0.29) is 17.5 Å². The first-order valence-electron chi connectivity index (χ1n) is 10.8. The third kappa shape index (κ3) is 4.54. The quantitative estimate of drug-likeness (QED) is 0.297. The molecule has 0 aliphatic heterocycles. The number of thioether (sulfide) groups is 1. The normalized spacial score (nSPS) is 14.2. The van der Waals surface area contributed by atoms with Crippen molar-refractivity contribution in [2.45, 2.75) is 36.2 Å². The zero-order chi connectivity index (χ0) is 22.9. The van der Waals surface area contributed by atoms with Crippen molar-refractivity contribution in [1.29, 1.82) is 0 Å². The topological polar surface area (TPSA) is 64.0 Å². The van der Waals surface area contributed by atoms with Crippen LogP contribution in [0.15, 0.2) is 82.7 Å². The molecule has 7 heteroatoms. The molecule has 0 bridgehead atoms. The van der Waals surface area contributed by atoms with Gasteiger partial charge in [-0.25, -0.2) is 4.98 Å². The maximum absolute atomic E-state index is 13.7. The molecule has 1 aromatic heterocycles. The number of nitrogens with one attached hydrogen (secondary N) is 1. The van der Waals surface area contributed by atoms with Crippen LogP contribution in [-0.2, 0) is 4.79 Å². The summed E-state index contributed by atoms with van der Waals surface area (Å²) in [5.74, 6) is -0.0783. The van der Waals surface area contributed by atoms with Crippen LogP contribution in [0.2, 0.25) is 5.02 Å². The van der Waals surface area contributed by atoms with E-state index >= 15 is 0 Å². The molecule has 1 fully saturated rings. The number of carbonyl (C=O) groups excluding carboxylic acids is 1. The molecule has 1 atom stereocenters. The molecule has 0 spiro atoms. The van der Waals surface area contributed by atoms with Crippen LogP contribution in [0, 0.1) is 6.92 Å². The van der Waals surface area contributed by atoms with Gasteiger partial charge in [0.1, 0.15) is 5.25 Å². The lowest BCUT2D eigenvalue weighted by atomic mass is 10.1. The molecule has 1 N–H and O–H groups in total. The predicted molar refractivity (Wildman–Crippen MR) is 133 cm³/mol. The number of aryl methyl sites for hydroxylation is 1. The van der Waals surface area contributed by atoms with Crippen molar-refractivity contribution in [1.82, 2.24) is 14.9 Å². The number of benzene rings is 3. The first-order valence-corrected chi connectivity index (χ1v) is 12.1. The molecule has 1 aliphatic rings. The SMILES string of the molecule is Cc1ccccc1-n1c(SC(C(=O)NC2CC2)c2ccccc2)nc2cc(Cl)ccc2c1=O. The van der Waals surface area contributed by atoms with Crippen LogP contribution < -0.4 is 10.9 Å². The van der Waals surface area contributed by atoms with Gasteiger partial charge >= 0.3 is 0 Å². The Kier molecular flexibility index (Phi) is 5.96. The molecule has 166 valence electrons. The molecule has 1 amide bonds. The Bertz CT molecular complexity index is 1400. The number of amides is 1. The highest BCUT2D eigenvalue weighted by atomic mass is 35.5. The average Bonchev–Trinajstić information content (AvgIpc) is 3.62. The first-order chi connectivity index (χ1) is 16.0. The lowest BCUT2D eigenvalue weighted by Gasteiger charge is -2.20. The van der Waals surface area contributed by atoms with Crippen molar-refractivity contribution in [3.8, 4) is 5.69 Å². The van der Waals surface area contributed by atoms with Crippen molar-refractivity contribution in [2.75, 3.05) is 0 Å². The molecule has 5 nitrogen and oxygen atoms in total. The molecule has 3 aromatic carbocycles. The van der Waals surface area contributed by atoms with Crippen LogP contribution in [0.1, 0.15) is 29.2 Å². The van der Waals surface area contributed by atoms with Crippen molar-refractivity contribution < 1.29 is 4.79 Å². The van der Waals surface area contributed by atoms with Crippen molar-refractivity contribution in [2.24, 2.45) is 0 Å². The second-order valence-corrected chi connectivity index (χ2v) is 9.68. The maximum Gasteiger partial charge on any atom is 0.266 e. The highest BCUT2D eigenvalue weighted by Gasteiger charge is 2.30. The molecule has 1 heterocycles. The van der Waals surface area contributed by atoms with Gasteiger partial charge in [-0.1, -0.05) is 71.9 Å². The summed E-state index contributed by atoms with van der Waals surface area (Å²) in [4.78, 5) is 31.7. The Morgan fingerprint density at radius 1 is 1.09 bits per heavy atom. The van der Waals surface area contributed by atoms with E-state index in [0.717, 1.165) is 29.7 Å². The fraction of sp³-hybridized carbons (Fsp3) is 0.192. The summed E-state index contributed by atoms with van der Waals surface area (Å²) >= 11 is 7.48. The third-order valence-corrected chi connectivity index (χ3v) is 7.09. The van der Waals surface area contributed by atoms with Gasteiger partial charge in [0, 0.05) is 11.1 Å². The standard InChI is InChI=1S/C26H22ClN3O2S/c1-16-7-5-6-10-22(16)30-25(32)20-14-11-18(27)15-21(20)29-26(30)33-23(17-8-3-2-4-9-17)24(31)28-19-12-13-19/h2-11,14-15,19,23H,12-13H2,1H3,(H,28,31). The largest absolute Gasteiger partial charge is 0.352 e. The summed E-state index contributed by atoms with van der Waals surface area (Å²) in [6.45, 7) is 1.96. The minimum atomic E-state index is -0.550. The smallest absolute Gasteiger partial charge is 0.266 e. The van der Waals surface area contributed by atoms with Crippen LogP contribution >= 0.6 is 23.4 Å². The number of aromatic nitrogens is 2. The number of hydrogen-bond acceptors (Lipinski definition) is 4. The van der Waals surface area contributed by atoms with Crippen molar-refractivity contribution >= 4 is 40.2 Å². The zero-order valence-electron chi connectivity index (χ0n) is 18.0. The lowest BCUT2D eigenvalue weighted by molar-refractivity contribution is -0.120. The van der Waals surface area contributed by atoms with Gasteiger partial charge in [-0.2, -0.15) is 0 Å². The number of rotatable bonds is 6. The van der Waals surface area contributed by atoms with E-state index in [1.54, 1.807) is 22.8 Å². The summed E-state index contributed by atoms with van der Waals surface area (Å²) in [5, 5.41) is 3.99. The summed E-state index contributed by atoms with van der Waals surface area (Å²) in [7, 11) is 0. The van der Waals surface area contributed by atoms with E-state index in [9.17, 15) is 9.59 Å². The Labute approximate surface area is 200 Å².